The highest BCUT2D eigenvalue weighted by Gasteiger charge is 2.16. The van der Waals surface area contributed by atoms with Crippen molar-refractivity contribution >= 4 is 29.8 Å². The molecular weight excluding hydrogens is 448 g/mol. The number of benzene rings is 3. The third-order valence-corrected chi connectivity index (χ3v) is 4.62. The number of carbonyl (C=O) groups is 4. The monoisotopic (exact) mass is 472 g/mol. The lowest BCUT2D eigenvalue weighted by molar-refractivity contribution is -0.144. The third kappa shape index (κ3) is 8.29. The fourth-order valence-electron chi connectivity index (χ4n) is 2.94. The Morgan fingerprint density at radius 2 is 1.46 bits per heavy atom. The Hall–Kier alpha value is -4.72. The second kappa shape index (κ2) is 12.5. The molecule has 0 radical (unpaired) electrons. The van der Waals surface area contributed by atoms with Gasteiger partial charge in [0.05, 0.1) is 0 Å². The minimum atomic E-state index is -0.671. The molecular formula is C27H24N2O6. The molecule has 2 N–H and O–H groups in total. The fourth-order valence-corrected chi connectivity index (χ4v) is 2.94. The molecule has 0 heterocycles. The predicted molar refractivity (Wildman–Crippen MR) is 129 cm³/mol. The Morgan fingerprint density at radius 1 is 0.829 bits per heavy atom. The number of amides is 2. The van der Waals surface area contributed by atoms with E-state index in [1.54, 1.807) is 54.6 Å². The molecule has 178 valence electrons. The molecule has 8 heteroatoms. The number of carbonyl (C=O) groups excluding carboxylic acids is 4. The largest absolute Gasteiger partial charge is 0.460 e. The van der Waals surface area contributed by atoms with Crippen LogP contribution in [0, 0.1) is 0 Å². The van der Waals surface area contributed by atoms with Crippen molar-refractivity contribution < 1.29 is 28.7 Å². The Labute approximate surface area is 202 Å². The normalized spacial score (nSPS) is 10.7. The number of rotatable bonds is 9. The maximum absolute atomic E-state index is 12.8. The van der Waals surface area contributed by atoms with E-state index in [2.05, 4.69) is 10.6 Å². The second-order valence-corrected chi connectivity index (χ2v) is 7.37. The standard InChI is InChI=1S/C27H24N2O6/c1-19(30)35-23-14-12-20(13-15-23)16-24(29-26(32)22-10-6-3-7-11-22)27(33)28-17-25(31)34-18-21-8-4-2-5-9-21/h2-16H,17-18H2,1H3,(H,28,33)(H,29,32)/b24-16+. The van der Waals surface area contributed by atoms with Crippen LogP contribution in [-0.2, 0) is 25.7 Å². The van der Waals surface area contributed by atoms with E-state index in [0.717, 1.165) is 5.56 Å². The van der Waals surface area contributed by atoms with E-state index in [-0.39, 0.29) is 18.8 Å². The lowest BCUT2D eigenvalue weighted by atomic mass is 10.1. The first-order valence-electron chi connectivity index (χ1n) is 10.7. The van der Waals surface area contributed by atoms with Gasteiger partial charge in [0.2, 0.25) is 0 Å². The molecule has 0 atom stereocenters. The average Bonchev–Trinajstić information content (AvgIpc) is 2.87. The van der Waals surface area contributed by atoms with Crippen LogP contribution in [-0.4, -0.2) is 30.3 Å². The van der Waals surface area contributed by atoms with Crippen molar-refractivity contribution in [3.63, 3.8) is 0 Å². The zero-order valence-electron chi connectivity index (χ0n) is 19.0. The molecule has 0 aromatic heterocycles. The number of hydrogen-bond acceptors (Lipinski definition) is 6. The highest BCUT2D eigenvalue weighted by atomic mass is 16.5. The van der Waals surface area contributed by atoms with Crippen LogP contribution < -0.4 is 15.4 Å². The number of ether oxygens (including phenoxy) is 2. The van der Waals surface area contributed by atoms with E-state index >= 15 is 0 Å². The van der Waals surface area contributed by atoms with Crippen LogP contribution in [0.1, 0.15) is 28.4 Å². The first-order valence-corrected chi connectivity index (χ1v) is 10.7. The minimum Gasteiger partial charge on any atom is -0.460 e. The van der Waals surface area contributed by atoms with Gasteiger partial charge in [0.1, 0.15) is 24.6 Å². The van der Waals surface area contributed by atoms with Crippen molar-refractivity contribution in [2.24, 2.45) is 0 Å². The zero-order valence-corrected chi connectivity index (χ0v) is 19.0. The highest BCUT2D eigenvalue weighted by Crippen LogP contribution is 2.15. The SMILES string of the molecule is CC(=O)Oc1ccc(/C=C(/NC(=O)c2ccccc2)C(=O)NCC(=O)OCc2ccccc2)cc1. The van der Waals surface area contributed by atoms with Crippen molar-refractivity contribution in [3.05, 3.63) is 107 Å². The lowest BCUT2D eigenvalue weighted by Gasteiger charge is -2.11. The van der Waals surface area contributed by atoms with E-state index in [4.69, 9.17) is 9.47 Å². The summed E-state index contributed by atoms with van der Waals surface area (Å²) in [6.07, 6.45) is 1.45. The fraction of sp³-hybridized carbons (Fsp3) is 0.111. The minimum absolute atomic E-state index is 0.0741. The molecule has 8 nitrogen and oxygen atoms in total. The molecule has 0 bridgehead atoms. The molecule has 0 aliphatic carbocycles. The van der Waals surface area contributed by atoms with Gasteiger partial charge in [-0.1, -0.05) is 60.7 Å². The molecule has 3 rings (SSSR count). The smallest absolute Gasteiger partial charge is 0.325 e. The van der Waals surface area contributed by atoms with Gasteiger partial charge in [0, 0.05) is 12.5 Å². The topological polar surface area (TPSA) is 111 Å². The highest BCUT2D eigenvalue weighted by molar-refractivity contribution is 6.05. The molecule has 0 aliphatic rings. The first-order chi connectivity index (χ1) is 16.9. The van der Waals surface area contributed by atoms with E-state index in [0.29, 0.717) is 16.9 Å². The van der Waals surface area contributed by atoms with Crippen LogP contribution in [0.4, 0.5) is 0 Å². The molecule has 3 aromatic rings. The van der Waals surface area contributed by atoms with Crippen LogP contribution >= 0.6 is 0 Å². The number of hydrogen-bond donors (Lipinski definition) is 2. The predicted octanol–water partition coefficient (Wildman–Crippen LogP) is 3.24. The van der Waals surface area contributed by atoms with E-state index in [1.165, 1.54) is 13.0 Å². The van der Waals surface area contributed by atoms with E-state index in [1.807, 2.05) is 30.3 Å². The second-order valence-electron chi connectivity index (χ2n) is 7.37. The van der Waals surface area contributed by atoms with Crippen LogP contribution in [0.15, 0.2) is 90.6 Å². The van der Waals surface area contributed by atoms with Crippen molar-refractivity contribution in [2.45, 2.75) is 13.5 Å². The van der Waals surface area contributed by atoms with Crippen LogP contribution in [0.5, 0.6) is 5.75 Å². The molecule has 0 spiro atoms. The molecule has 0 fully saturated rings. The maximum atomic E-state index is 12.8. The van der Waals surface area contributed by atoms with E-state index < -0.39 is 23.8 Å². The molecule has 0 saturated carbocycles. The van der Waals surface area contributed by atoms with Crippen LogP contribution in [0.3, 0.4) is 0 Å². The summed E-state index contributed by atoms with van der Waals surface area (Å²) in [7, 11) is 0. The Kier molecular flexibility index (Phi) is 8.90. The van der Waals surface area contributed by atoms with Crippen molar-refractivity contribution in [2.75, 3.05) is 6.54 Å². The van der Waals surface area contributed by atoms with Crippen LogP contribution in [0.25, 0.3) is 6.08 Å². The van der Waals surface area contributed by atoms with Gasteiger partial charge in [-0.05, 0) is 41.5 Å². The summed E-state index contributed by atoms with van der Waals surface area (Å²) in [5, 5.41) is 5.05. The summed E-state index contributed by atoms with van der Waals surface area (Å²) >= 11 is 0. The number of esters is 2. The van der Waals surface area contributed by atoms with E-state index in [9.17, 15) is 19.2 Å². The van der Waals surface area contributed by atoms with Gasteiger partial charge in [-0.15, -0.1) is 0 Å². The van der Waals surface area contributed by atoms with Crippen molar-refractivity contribution in [3.8, 4) is 5.75 Å². The van der Waals surface area contributed by atoms with Gasteiger partial charge in [-0.25, -0.2) is 0 Å². The molecule has 0 saturated heterocycles. The Bertz CT molecular complexity index is 1210. The summed E-state index contributed by atoms with van der Waals surface area (Å²) in [5.74, 6) is -1.90. The summed E-state index contributed by atoms with van der Waals surface area (Å²) in [5.41, 5.74) is 1.67. The van der Waals surface area contributed by atoms with Gasteiger partial charge in [0.15, 0.2) is 0 Å². The summed E-state index contributed by atoms with van der Waals surface area (Å²) in [6.45, 7) is 0.994. The van der Waals surface area contributed by atoms with Crippen LogP contribution in [0.2, 0.25) is 0 Å². The van der Waals surface area contributed by atoms with Gasteiger partial charge in [0.25, 0.3) is 11.8 Å². The van der Waals surface area contributed by atoms with Gasteiger partial charge >= 0.3 is 11.9 Å². The summed E-state index contributed by atoms with van der Waals surface area (Å²) < 4.78 is 10.2. The van der Waals surface area contributed by atoms with Crippen molar-refractivity contribution in [1.82, 2.24) is 10.6 Å². The Morgan fingerprint density at radius 3 is 2.09 bits per heavy atom. The first kappa shape index (κ1) is 24.9. The molecule has 0 aliphatic heterocycles. The zero-order chi connectivity index (χ0) is 25.0. The molecule has 0 unspecified atom stereocenters. The summed E-state index contributed by atoms with van der Waals surface area (Å²) in [4.78, 5) is 48.7. The molecule has 35 heavy (non-hydrogen) atoms. The quantitative estimate of drug-likeness (QED) is 0.281. The lowest BCUT2D eigenvalue weighted by Crippen LogP contribution is -2.37. The molecule has 2 amide bonds. The van der Waals surface area contributed by atoms with Gasteiger partial charge in [-0.2, -0.15) is 0 Å². The van der Waals surface area contributed by atoms with Crippen molar-refractivity contribution in [1.29, 1.82) is 0 Å². The number of nitrogens with one attached hydrogen (secondary N) is 2. The molecule has 3 aromatic carbocycles. The van der Waals surface area contributed by atoms with Gasteiger partial charge in [-0.3, -0.25) is 19.2 Å². The summed E-state index contributed by atoms with van der Waals surface area (Å²) in [6, 6.07) is 23.9. The third-order valence-electron chi connectivity index (χ3n) is 4.62. The van der Waals surface area contributed by atoms with Gasteiger partial charge < -0.3 is 20.1 Å². The average molecular weight is 472 g/mol. The Balaban J connectivity index is 1.69. The maximum Gasteiger partial charge on any atom is 0.325 e.